The first-order valence-electron chi connectivity index (χ1n) is 11.1. The van der Waals surface area contributed by atoms with Crippen LogP contribution in [0.1, 0.15) is 42.5 Å². The molecular formula is C21H28ClNO4. The van der Waals surface area contributed by atoms with Gasteiger partial charge in [0.2, 0.25) is 0 Å². The number of phenolic OH excluding ortho intramolecular Hbond substituents is 1. The first-order valence-corrected chi connectivity index (χ1v) is 8.60. The minimum atomic E-state index is -0.783. The van der Waals surface area contributed by atoms with Crippen molar-refractivity contribution >= 4 is 18.2 Å². The Morgan fingerprint density at radius 1 is 1.30 bits per heavy atom. The van der Waals surface area contributed by atoms with Gasteiger partial charge in [-0.2, -0.15) is 0 Å². The first kappa shape index (κ1) is 15.9. The second-order valence-corrected chi connectivity index (χ2v) is 5.88. The highest BCUT2D eigenvalue weighted by molar-refractivity contribution is 5.99. The maximum Gasteiger partial charge on any atom is 0.167 e. The minimum absolute atomic E-state index is 0. The number of ketones is 1. The summed E-state index contributed by atoms with van der Waals surface area (Å²) in [6.45, 7) is 3.06. The number of aliphatic hydroxyl groups excluding tert-OH is 1. The van der Waals surface area contributed by atoms with Crippen LogP contribution in [0.3, 0.4) is 0 Å². The van der Waals surface area contributed by atoms with Crippen LogP contribution in [0, 0.1) is 0 Å². The number of nitrogens with one attached hydrogen (secondary N) is 1. The zero-order valence-electron chi connectivity index (χ0n) is 20.2. The molecule has 1 atom stereocenters. The Morgan fingerprint density at radius 2 is 2.04 bits per heavy atom. The van der Waals surface area contributed by atoms with Crippen molar-refractivity contribution in [3.05, 3.63) is 59.5 Å². The van der Waals surface area contributed by atoms with Gasteiger partial charge in [-0.15, -0.1) is 12.4 Å². The number of carbonyl (C=O) groups is 1. The lowest BCUT2D eigenvalue weighted by atomic mass is 10.0. The number of halogens is 1. The molecule has 0 saturated heterocycles. The molecule has 0 fully saturated rings. The number of rotatable bonds is 11. The molecule has 0 amide bonds. The molecule has 0 heterocycles. The quantitative estimate of drug-likeness (QED) is 0.399. The van der Waals surface area contributed by atoms with E-state index in [0.717, 1.165) is 13.0 Å². The first-order chi connectivity index (χ1) is 14.7. The highest BCUT2D eigenvalue weighted by atomic mass is 35.5. The molecule has 0 aliphatic rings. The van der Waals surface area contributed by atoms with Crippen molar-refractivity contribution in [1.29, 1.82) is 0 Å². The Morgan fingerprint density at radius 3 is 2.74 bits per heavy atom. The largest absolute Gasteiger partial charge is 0.508 e. The monoisotopic (exact) mass is 398 g/mol. The van der Waals surface area contributed by atoms with E-state index in [1.807, 2.05) is 6.92 Å². The van der Waals surface area contributed by atoms with Crippen molar-refractivity contribution in [2.75, 3.05) is 19.7 Å². The molecule has 27 heavy (non-hydrogen) atoms. The summed E-state index contributed by atoms with van der Waals surface area (Å²) in [5, 5.41) is 22.8. The summed E-state index contributed by atoms with van der Waals surface area (Å²) in [4.78, 5) is 12.8. The van der Waals surface area contributed by atoms with Gasteiger partial charge in [-0.1, -0.05) is 37.1 Å². The summed E-state index contributed by atoms with van der Waals surface area (Å²) in [7, 11) is 0. The summed E-state index contributed by atoms with van der Waals surface area (Å²) < 4.78 is 44.6. The number of hydrogen-bond acceptors (Lipinski definition) is 5. The van der Waals surface area contributed by atoms with Gasteiger partial charge in [-0.05, 0) is 43.1 Å². The van der Waals surface area contributed by atoms with Gasteiger partial charge in [0, 0.05) is 13.0 Å². The number of hydrogen-bond donors (Lipinski definition) is 3. The zero-order valence-corrected chi connectivity index (χ0v) is 16.0. The lowest BCUT2D eigenvalue weighted by Gasteiger charge is -2.15. The molecule has 0 aliphatic heterocycles. The lowest BCUT2D eigenvalue weighted by molar-refractivity contribution is 0.0950. The molecule has 6 heteroatoms. The third kappa shape index (κ3) is 7.99. The molecular weight excluding hydrogens is 366 g/mol. The van der Waals surface area contributed by atoms with Crippen LogP contribution >= 0.6 is 12.4 Å². The molecule has 0 bridgehead atoms. The van der Waals surface area contributed by atoms with E-state index in [1.54, 1.807) is 0 Å². The van der Waals surface area contributed by atoms with E-state index in [1.165, 1.54) is 18.2 Å². The Bertz CT molecular complexity index is 916. The Hall–Kier alpha value is -2.08. The van der Waals surface area contributed by atoms with Gasteiger partial charge in [-0.3, -0.25) is 4.79 Å². The van der Waals surface area contributed by atoms with Crippen molar-refractivity contribution in [1.82, 2.24) is 5.32 Å². The number of aromatic hydroxyl groups is 1. The fraction of sp³-hybridized carbons (Fsp3) is 0.381. The maximum absolute atomic E-state index is 12.8. The molecule has 2 rings (SSSR count). The van der Waals surface area contributed by atoms with Crippen LogP contribution in [0.15, 0.2) is 48.4 Å². The van der Waals surface area contributed by atoms with E-state index in [4.69, 9.17) is 11.6 Å². The van der Waals surface area contributed by atoms with Crippen molar-refractivity contribution in [3.63, 3.8) is 0 Å². The van der Waals surface area contributed by atoms with Crippen LogP contribution in [0.5, 0.6) is 11.5 Å². The highest BCUT2D eigenvalue weighted by Crippen LogP contribution is 2.25. The minimum Gasteiger partial charge on any atom is -0.508 e. The lowest BCUT2D eigenvalue weighted by Crippen LogP contribution is -2.32. The fourth-order valence-electron chi connectivity index (χ4n) is 2.33. The molecule has 148 valence electrons. The fourth-order valence-corrected chi connectivity index (χ4v) is 2.33. The van der Waals surface area contributed by atoms with Crippen molar-refractivity contribution in [3.8, 4) is 11.5 Å². The average molecular weight is 399 g/mol. The van der Waals surface area contributed by atoms with E-state index in [0.29, 0.717) is 6.54 Å². The number of Topliss-reactive ketones (excluding diaryl/α,β-unsaturated/α-hetero) is 1. The predicted octanol–water partition coefficient (Wildman–Crippen LogP) is 3.37. The van der Waals surface area contributed by atoms with Crippen LogP contribution in [0.4, 0.5) is 0 Å². The smallest absolute Gasteiger partial charge is 0.167 e. The van der Waals surface area contributed by atoms with E-state index >= 15 is 0 Å². The second-order valence-electron chi connectivity index (χ2n) is 5.88. The summed E-state index contributed by atoms with van der Waals surface area (Å²) >= 11 is 0. The molecule has 2 aromatic carbocycles. The number of aliphatic hydroxyl groups is 1. The number of carbonyl (C=O) groups excluding carboxylic acids is 1. The number of phenols is 1. The molecule has 3 N–H and O–H groups in total. The van der Waals surface area contributed by atoms with E-state index in [9.17, 15) is 15.0 Å². The summed E-state index contributed by atoms with van der Waals surface area (Å²) in [6, 6.07) is 1.98. The Balaban J connectivity index is 0.00000512. The standard InChI is InChI=1S/C21H27NO4.ClH/c1-2-12-22-14-18(24)15-26-21-11-9-17(23)13-19(21)20(25)10-8-16-6-4-3-5-7-16;/h3-7,9,11,13,18,22-24H,2,8,10,12,14-15H2,1H3;1H/i3D,4D,5D,6D,7D;. The van der Waals surface area contributed by atoms with Gasteiger partial charge in [0.25, 0.3) is 0 Å². The molecule has 1 unspecified atom stereocenters. The number of benzene rings is 2. The summed E-state index contributed by atoms with van der Waals surface area (Å²) in [6.07, 6.45) is -0.0609. The van der Waals surface area contributed by atoms with Gasteiger partial charge in [0.05, 0.1) is 12.4 Å². The third-order valence-corrected chi connectivity index (χ3v) is 3.66. The molecule has 5 nitrogen and oxygen atoms in total. The molecule has 0 aromatic heterocycles. The van der Waals surface area contributed by atoms with Gasteiger partial charge >= 0.3 is 0 Å². The van der Waals surface area contributed by atoms with Gasteiger partial charge in [0.1, 0.15) is 24.2 Å². The SMILES string of the molecule is Cl.[2H]c1c([2H])c([2H])c(CCC(=O)c2cc(O)ccc2OCC(O)CNCCC)c([2H])c1[2H]. The molecule has 0 aliphatic carbocycles. The third-order valence-electron chi connectivity index (χ3n) is 3.66. The van der Waals surface area contributed by atoms with Crippen molar-refractivity contribution in [2.24, 2.45) is 0 Å². The molecule has 2 aromatic rings. The molecule has 0 saturated carbocycles. The summed E-state index contributed by atoms with van der Waals surface area (Å²) in [5.41, 5.74) is 0.153. The van der Waals surface area contributed by atoms with Crippen LogP contribution in [0.25, 0.3) is 0 Å². The molecule has 0 radical (unpaired) electrons. The Labute approximate surface area is 173 Å². The molecule has 0 spiro atoms. The second kappa shape index (κ2) is 12.3. The van der Waals surface area contributed by atoms with Gasteiger partial charge < -0.3 is 20.3 Å². The average Bonchev–Trinajstić information content (AvgIpc) is 2.75. The predicted molar refractivity (Wildman–Crippen MR) is 109 cm³/mol. The van der Waals surface area contributed by atoms with Crippen molar-refractivity contribution < 1.29 is 26.6 Å². The van der Waals surface area contributed by atoms with Crippen LogP contribution in [-0.4, -0.2) is 41.8 Å². The maximum atomic E-state index is 12.8. The van der Waals surface area contributed by atoms with Gasteiger partial charge in [-0.25, -0.2) is 0 Å². The zero-order chi connectivity index (χ0) is 23.1. The van der Waals surface area contributed by atoms with E-state index < -0.39 is 30.0 Å². The van der Waals surface area contributed by atoms with E-state index in [2.05, 4.69) is 5.32 Å². The normalized spacial score (nSPS) is 14.1. The van der Waals surface area contributed by atoms with Crippen LogP contribution in [0.2, 0.25) is 0 Å². The van der Waals surface area contributed by atoms with Crippen molar-refractivity contribution in [2.45, 2.75) is 32.3 Å². The number of ether oxygens (including phenoxy) is 1. The van der Waals surface area contributed by atoms with Gasteiger partial charge in [0.15, 0.2) is 5.78 Å². The summed E-state index contributed by atoms with van der Waals surface area (Å²) in [5.74, 6) is -0.363. The van der Waals surface area contributed by atoms with Crippen LogP contribution < -0.4 is 10.1 Å². The van der Waals surface area contributed by atoms with Crippen LogP contribution in [-0.2, 0) is 6.42 Å². The Kier molecular flexibility index (Phi) is 7.28. The highest BCUT2D eigenvalue weighted by Gasteiger charge is 2.15. The van der Waals surface area contributed by atoms with E-state index in [-0.39, 0.29) is 66.6 Å². The topological polar surface area (TPSA) is 78.8 Å².